The monoisotopic (exact) mass is 398 g/mol. The highest BCUT2D eigenvalue weighted by atomic mass is 32.1. The molecule has 0 aliphatic heterocycles. The molecule has 0 spiro atoms. The number of thiophene rings is 1. The summed E-state index contributed by atoms with van der Waals surface area (Å²) in [6.45, 7) is 0.191. The van der Waals surface area contributed by atoms with Crippen LogP contribution in [0.25, 0.3) is 10.2 Å². The molecule has 2 aromatic heterocycles. The van der Waals surface area contributed by atoms with E-state index < -0.39 is 0 Å². The number of aromatic nitrogens is 2. The van der Waals surface area contributed by atoms with Gasteiger partial charge in [0.05, 0.1) is 18.9 Å². The first-order chi connectivity index (χ1) is 13.6. The zero-order valence-electron chi connectivity index (χ0n) is 15.7. The van der Waals surface area contributed by atoms with Crippen LogP contribution in [0.5, 0.6) is 5.75 Å². The molecule has 0 saturated heterocycles. The van der Waals surface area contributed by atoms with Gasteiger partial charge in [-0.3, -0.25) is 9.59 Å². The molecule has 1 aliphatic carbocycles. The lowest BCUT2D eigenvalue weighted by molar-refractivity contribution is -0.144. The highest BCUT2D eigenvalue weighted by molar-refractivity contribution is 7.18. The van der Waals surface area contributed by atoms with Gasteiger partial charge in [0.25, 0.3) is 5.56 Å². The molecular weight excluding hydrogens is 376 g/mol. The lowest BCUT2D eigenvalue weighted by Crippen LogP contribution is -2.14. The van der Waals surface area contributed by atoms with E-state index in [1.165, 1.54) is 16.9 Å². The number of carbonyl (C=O) groups is 1. The van der Waals surface area contributed by atoms with Crippen LogP contribution in [0, 0.1) is 0 Å². The van der Waals surface area contributed by atoms with E-state index in [1.54, 1.807) is 18.4 Å². The third-order valence-electron chi connectivity index (χ3n) is 4.97. The molecule has 7 heteroatoms. The summed E-state index contributed by atoms with van der Waals surface area (Å²) in [6.07, 6.45) is 4.80. The predicted molar refractivity (Wildman–Crippen MR) is 108 cm³/mol. The van der Waals surface area contributed by atoms with Crippen LogP contribution in [0.2, 0.25) is 0 Å². The molecule has 0 radical (unpaired) electrons. The number of H-pyrrole nitrogens is 1. The van der Waals surface area contributed by atoms with Gasteiger partial charge in [-0.15, -0.1) is 11.3 Å². The minimum Gasteiger partial charge on any atom is -0.497 e. The first-order valence-corrected chi connectivity index (χ1v) is 10.3. The van der Waals surface area contributed by atoms with Crippen molar-refractivity contribution in [1.82, 2.24) is 9.97 Å². The molecule has 0 fully saturated rings. The van der Waals surface area contributed by atoms with E-state index in [0.717, 1.165) is 40.8 Å². The fourth-order valence-electron chi connectivity index (χ4n) is 3.55. The van der Waals surface area contributed by atoms with Gasteiger partial charge in [0.1, 0.15) is 23.0 Å². The van der Waals surface area contributed by atoms with Crippen LogP contribution in [-0.2, 0) is 35.4 Å². The summed E-state index contributed by atoms with van der Waals surface area (Å²) in [6, 6.07) is 7.40. The second-order valence-corrected chi connectivity index (χ2v) is 8.00. The first kappa shape index (κ1) is 18.7. The SMILES string of the molecule is COc1cccc(COC(=O)CCc2nc3sc4c(c3c(=O)[nH]2)CCCC4)c1. The number of fused-ring (bicyclic) bond motifs is 3. The van der Waals surface area contributed by atoms with Crippen LogP contribution in [0.1, 0.15) is 41.1 Å². The summed E-state index contributed by atoms with van der Waals surface area (Å²) in [4.78, 5) is 34.1. The summed E-state index contributed by atoms with van der Waals surface area (Å²) in [5.41, 5.74) is 1.94. The van der Waals surface area contributed by atoms with E-state index in [-0.39, 0.29) is 24.6 Å². The van der Waals surface area contributed by atoms with E-state index in [9.17, 15) is 9.59 Å². The highest BCUT2D eigenvalue weighted by Gasteiger charge is 2.20. The Balaban J connectivity index is 1.39. The number of rotatable bonds is 6. The zero-order valence-corrected chi connectivity index (χ0v) is 16.6. The van der Waals surface area contributed by atoms with Crippen LogP contribution in [0.15, 0.2) is 29.1 Å². The van der Waals surface area contributed by atoms with Crippen LogP contribution < -0.4 is 10.3 Å². The van der Waals surface area contributed by atoms with Crippen molar-refractivity contribution >= 4 is 27.5 Å². The second-order valence-electron chi connectivity index (χ2n) is 6.92. The van der Waals surface area contributed by atoms with E-state index in [2.05, 4.69) is 9.97 Å². The minimum atomic E-state index is -0.323. The van der Waals surface area contributed by atoms with Crippen molar-refractivity contribution < 1.29 is 14.3 Å². The molecule has 1 aliphatic rings. The average Bonchev–Trinajstić information content (AvgIpc) is 3.09. The Bertz CT molecular complexity index is 1070. The van der Waals surface area contributed by atoms with Gasteiger partial charge in [-0.05, 0) is 48.9 Å². The Morgan fingerprint density at radius 3 is 3.00 bits per heavy atom. The fourth-order valence-corrected chi connectivity index (χ4v) is 4.83. The summed E-state index contributed by atoms with van der Waals surface area (Å²) < 4.78 is 10.5. The summed E-state index contributed by atoms with van der Waals surface area (Å²) in [7, 11) is 1.60. The quantitative estimate of drug-likeness (QED) is 0.642. The third kappa shape index (κ3) is 3.94. The number of hydrogen-bond donors (Lipinski definition) is 1. The molecule has 1 aromatic carbocycles. The van der Waals surface area contributed by atoms with Crippen LogP contribution in [0.3, 0.4) is 0 Å². The molecule has 0 unspecified atom stereocenters. The zero-order chi connectivity index (χ0) is 19.5. The second kappa shape index (κ2) is 8.14. The summed E-state index contributed by atoms with van der Waals surface area (Å²) in [5, 5.41) is 0.740. The Labute approximate surface area is 166 Å². The number of ether oxygens (including phenoxy) is 2. The van der Waals surface area contributed by atoms with Gasteiger partial charge in [0.15, 0.2) is 0 Å². The fraction of sp³-hybridized carbons (Fsp3) is 0.381. The number of nitrogens with zero attached hydrogens (tertiary/aromatic N) is 1. The van der Waals surface area contributed by atoms with Crippen molar-refractivity contribution in [2.45, 2.75) is 45.1 Å². The number of methoxy groups -OCH3 is 1. The Morgan fingerprint density at radius 2 is 2.14 bits per heavy atom. The maximum absolute atomic E-state index is 12.5. The van der Waals surface area contributed by atoms with Crippen molar-refractivity contribution in [1.29, 1.82) is 0 Å². The van der Waals surface area contributed by atoms with Gasteiger partial charge < -0.3 is 14.5 Å². The van der Waals surface area contributed by atoms with Crippen molar-refractivity contribution in [3.8, 4) is 5.75 Å². The largest absolute Gasteiger partial charge is 0.497 e. The van der Waals surface area contributed by atoms with E-state index in [1.807, 2.05) is 24.3 Å². The average molecular weight is 398 g/mol. The Hall–Kier alpha value is -2.67. The molecule has 4 rings (SSSR count). The number of aromatic amines is 1. The molecule has 146 valence electrons. The molecule has 1 N–H and O–H groups in total. The summed E-state index contributed by atoms with van der Waals surface area (Å²) >= 11 is 1.61. The maximum atomic E-state index is 12.5. The molecule has 0 saturated carbocycles. The van der Waals surface area contributed by atoms with Gasteiger partial charge in [0.2, 0.25) is 0 Å². The lowest BCUT2D eigenvalue weighted by atomic mass is 9.97. The van der Waals surface area contributed by atoms with E-state index in [4.69, 9.17) is 9.47 Å². The first-order valence-electron chi connectivity index (χ1n) is 9.46. The van der Waals surface area contributed by atoms with Crippen LogP contribution >= 0.6 is 11.3 Å². The Kier molecular flexibility index (Phi) is 5.43. The maximum Gasteiger partial charge on any atom is 0.306 e. The van der Waals surface area contributed by atoms with Crippen molar-refractivity contribution in [3.05, 3.63) is 56.4 Å². The standard InChI is InChI=1S/C21H22N2O4S/c1-26-14-6-4-5-13(11-14)12-27-18(24)10-9-17-22-20(25)19-15-7-2-3-8-16(15)28-21(19)23-17/h4-6,11H,2-3,7-10,12H2,1H3,(H,22,23,25). The number of aryl methyl sites for hydroxylation is 3. The number of carbonyl (C=O) groups excluding carboxylic acids is 1. The van der Waals surface area contributed by atoms with Crippen LogP contribution in [0.4, 0.5) is 0 Å². The van der Waals surface area contributed by atoms with E-state index in [0.29, 0.717) is 12.2 Å². The van der Waals surface area contributed by atoms with Crippen molar-refractivity contribution in [2.24, 2.45) is 0 Å². The van der Waals surface area contributed by atoms with Crippen molar-refractivity contribution in [3.63, 3.8) is 0 Å². The predicted octanol–water partition coefficient (Wildman–Crippen LogP) is 3.55. The van der Waals surface area contributed by atoms with Gasteiger partial charge in [-0.2, -0.15) is 0 Å². The summed E-state index contributed by atoms with van der Waals surface area (Å²) in [5.74, 6) is 0.938. The molecule has 6 nitrogen and oxygen atoms in total. The van der Waals surface area contributed by atoms with E-state index >= 15 is 0 Å². The molecular formula is C21H22N2O4S. The Morgan fingerprint density at radius 1 is 1.29 bits per heavy atom. The van der Waals surface area contributed by atoms with Gasteiger partial charge in [-0.25, -0.2) is 4.98 Å². The highest BCUT2D eigenvalue weighted by Crippen LogP contribution is 2.33. The molecule has 0 atom stereocenters. The minimum absolute atomic E-state index is 0.0934. The third-order valence-corrected chi connectivity index (χ3v) is 6.16. The van der Waals surface area contributed by atoms with Crippen molar-refractivity contribution in [2.75, 3.05) is 7.11 Å². The lowest BCUT2D eigenvalue weighted by Gasteiger charge is -2.09. The van der Waals surface area contributed by atoms with Crippen LogP contribution in [-0.4, -0.2) is 23.0 Å². The number of esters is 1. The smallest absolute Gasteiger partial charge is 0.306 e. The van der Waals surface area contributed by atoms with Gasteiger partial charge in [-0.1, -0.05) is 12.1 Å². The van der Waals surface area contributed by atoms with Gasteiger partial charge in [0, 0.05) is 11.3 Å². The molecule has 2 heterocycles. The number of benzene rings is 1. The number of hydrogen-bond acceptors (Lipinski definition) is 6. The molecule has 3 aromatic rings. The topological polar surface area (TPSA) is 81.3 Å². The molecule has 0 bridgehead atoms. The molecule has 0 amide bonds. The molecule has 28 heavy (non-hydrogen) atoms. The van der Waals surface area contributed by atoms with Gasteiger partial charge >= 0.3 is 5.97 Å². The number of nitrogens with one attached hydrogen (secondary N) is 1. The normalized spacial score (nSPS) is 13.3.